The van der Waals surface area contributed by atoms with Crippen LogP contribution < -0.4 is 5.32 Å². The van der Waals surface area contributed by atoms with Crippen LogP contribution >= 0.6 is 24.8 Å². The van der Waals surface area contributed by atoms with Gasteiger partial charge in [-0.3, -0.25) is 9.78 Å². The van der Waals surface area contributed by atoms with Gasteiger partial charge in [0.2, 0.25) is 0 Å². The van der Waals surface area contributed by atoms with E-state index in [9.17, 15) is 4.79 Å². The minimum atomic E-state index is -0.149. The van der Waals surface area contributed by atoms with Crippen molar-refractivity contribution in [1.82, 2.24) is 10.3 Å². The van der Waals surface area contributed by atoms with E-state index in [4.69, 9.17) is 0 Å². The Kier molecular flexibility index (Phi) is 7.76. The van der Waals surface area contributed by atoms with E-state index in [-0.39, 0.29) is 30.7 Å². The number of carbonyl (C=O) groups is 1. The molecule has 96 valence electrons. The average molecular weight is 285 g/mol. The summed E-state index contributed by atoms with van der Waals surface area (Å²) in [4.78, 5) is 15.6. The van der Waals surface area contributed by atoms with Crippen LogP contribution in [-0.2, 0) is 6.54 Å². The second-order valence-corrected chi connectivity index (χ2v) is 3.38. The Morgan fingerprint density at radius 3 is 2.28 bits per heavy atom. The molecule has 0 spiro atoms. The van der Waals surface area contributed by atoms with Gasteiger partial charge in [0.25, 0.3) is 5.91 Å². The molecule has 1 amide bonds. The number of rotatable bonds is 3. The summed E-state index contributed by atoms with van der Waals surface area (Å²) >= 11 is 0. The number of nitrogens with one attached hydrogen (secondary N) is 1. The van der Waals surface area contributed by atoms with Gasteiger partial charge in [-0.25, -0.2) is 0 Å². The zero-order valence-corrected chi connectivity index (χ0v) is 11.2. The number of hydrogen-bond donors (Lipinski definition) is 1. The maximum Gasteiger partial charge on any atom is 0.270 e. The van der Waals surface area contributed by atoms with Crippen LogP contribution in [-0.4, -0.2) is 10.9 Å². The maximum absolute atomic E-state index is 11.6. The molecule has 0 aliphatic heterocycles. The first-order chi connectivity index (χ1) is 7.86. The Morgan fingerprint density at radius 2 is 1.67 bits per heavy atom. The first-order valence-corrected chi connectivity index (χ1v) is 5.09. The molecular formula is C13H14Cl2N2O. The Bertz CT molecular complexity index is 463. The van der Waals surface area contributed by atoms with E-state index in [1.54, 1.807) is 24.4 Å². The van der Waals surface area contributed by atoms with Gasteiger partial charge in [-0.05, 0) is 17.7 Å². The van der Waals surface area contributed by atoms with Gasteiger partial charge in [-0.1, -0.05) is 36.4 Å². The van der Waals surface area contributed by atoms with Crippen molar-refractivity contribution >= 4 is 30.7 Å². The van der Waals surface area contributed by atoms with Crippen molar-refractivity contribution in [3.05, 3.63) is 66.0 Å². The van der Waals surface area contributed by atoms with Crippen molar-refractivity contribution in [2.75, 3.05) is 0 Å². The quantitative estimate of drug-likeness (QED) is 0.942. The van der Waals surface area contributed by atoms with Gasteiger partial charge in [-0.15, -0.1) is 24.8 Å². The van der Waals surface area contributed by atoms with Gasteiger partial charge in [0.1, 0.15) is 5.69 Å². The molecule has 0 bridgehead atoms. The van der Waals surface area contributed by atoms with Crippen LogP contribution in [0.1, 0.15) is 16.1 Å². The van der Waals surface area contributed by atoms with Crippen molar-refractivity contribution < 1.29 is 4.79 Å². The van der Waals surface area contributed by atoms with E-state index in [0.29, 0.717) is 12.2 Å². The second kappa shape index (κ2) is 8.50. The summed E-state index contributed by atoms with van der Waals surface area (Å²) in [6.07, 6.45) is 1.61. The van der Waals surface area contributed by atoms with E-state index >= 15 is 0 Å². The highest BCUT2D eigenvalue weighted by molar-refractivity contribution is 5.92. The lowest BCUT2D eigenvalue weighted by atomic mass is 10.2. The van der Waals surface area contributed by atoms with Gasteiger partial charge < -0.3 is 5.32 Å². The van der Waals surface area contributed by atoms with Gasteiger partial charge >= 0.3 is 0 Å². The summed E-state index contributed by atoms with van der Waals surface area (Å²) < 4.78 is 0. The number of nitrogens with zero attached hydrogens (tertiary/aromatic N) is 1. The van der Waals surface area contributed by atoms with E-state index in [0.717, 1.165) is 5.56 Å². The molecule has 0 atom stereocenters. The molecular weight excluding hydrogens is 271 g/mol. The summed E-state index contributed by atoms with van der Waals surface area (Å²) in [5.74, 6) is -0.149. The van der Waals surface area contributed by atoms with Crippen LogP contribution in [0.25, 0.3) is 0 Å². The molecule has 1 heterocycles. The zero-order valence-electron chi connectivity index (χ0n) is 9.58. The molecule has 1 aromatic heterocycles. The number of amides is 1. The van der Waals surface area contributed by atoms with E-state index in [2.05, 4.69) is 10.3 Å². The molecule has 0 aliphatic carbocycles. The monoisotopic (exact) mass is 284 g/mol. The number of hydrogen-bond acceptors (Lipinski definition) is 2. The Morgan fingerprint density at radius 1 is 1.00 bits per heavy atom. The van der Waals surface area contributed by atoms with Gasteiger partial charge in [-0.2, -0.15) is 0 Å². The number of aromatic nitrogens is 1. The van der Waals surface area contributed by atoms with Gasteiger partial charge in [0.15, 0.2) is 0 Å². The molecule has 1 N–H and O–H groups in total. The molecule has 0 radical (unpaired) electrons. The molecule has 5 heteroatoms. The third kappa shape index (κ3) is 4.73. The first-order valence-electron chi connectivity index (χ1n) is 5.09. The fourth-order valence-corrected chi connectivity index (χ4v) is 1.37. The zero-order chi connectivity index (χ0) is 11.2. The van der Waals surface area contributed by atoms with Crippen LogP contribution in [0.3, 0.4) is 0 Å². The molecule has 1 aromatic carbocycles. The predicted octanol–water partition coefficient (Wildman–Crippen LogP) is 2.86. The second-order valence-electron chi connectivity index (χ2n) is 3.38. The minimum absolute atomic E-state index is 0. The summed E-state index contributed by atoms with van der Waals surface area (Å²) in [6, 6.07) is 15.1. The standard InChI is InChI=1S/C13H12N2O.2ClH/c16-13(12-8-4-5-9-14-12)15-10-11-6-2-1-3-7-11;;/h1-9H,10H2,(H,15,16);2*1H. The first kappa shape index (κ1) is 16.4. The molecule has 0 saturated carbocycles. The highest BCUT2D eigenvalue weighted by atomic mass is 35.5. The van der Waals surface area contributed by atoms with Crippen molar-refractivity contribution in [2.24, 2.45) is 0 Å². The molecule has 2 rings (SSSR count). The summed E-state index contributed by atoms with van der Waals surface area (Å²) in [5, 5.41) is 2.81. The predicted molar refractivity (Wildman–Crippen MR) is 76.3 cm³/mol. The number of halogens is 2. The summed E-state index contributed by atoms with van der Waals surface area (Å²) in [5.41, 5.74) is 1.52. The Balaban J connectivity index is 0.00000144. The van der Waals surface area contributed by atoms with Crippen LogP contribution in [0.2, 0.25) is 0 Å². The van der Waals surface area contributed by atoms with Crippen LogP contribution in [0.15, 0.2) is 54.7 Å². The highest BCUT2D eigenvalue weighted by Crippen LogP contribution is 1.99. The molecule has 2 aromatic rings. The lowest BCUT2D eigenvalue weighted by Crippen LogP contribution is -2.23. The summed E-state index contributed by atoms with van der Waals surface area (Å²) in [7, 11) is 0. The topological polar surface area (TPSA) is 42.0 Å². The van der Waals surface area contributed by atoms with Crippen molar-refractivity contribution in [3.63, 3.8) is 0 Å². The molecule has 0 aliphatic rings. The molecule has 0 fully saturated rings. The van der Waals surface area contributed by atoms with Crippen molar-refractivity contribution in [2.45, 2.75) is 6.54 Å². The van der Waals surface area contributed by atoms with Gasteiger partial charge in [0.05, 0.1) is 0 Å². The average Bonchev–Trinajstić information content (AvgIpc) is 2.38. The van der Waals surface area contributed by atoms with Crippen molar-refractivity contribution in [1.29, 1.82) is 0 Å². The van der Waals surface area contributed by atoms with Crippen LogP contribution in [0.4, 0.5) is 0 Å². The SMILES string of the molecule is Cl.Cl.O=C(NCc1ccccc1)c1ccccn1. The number of pyridine rings is 1. The van der Waals surface area contributed by atoms with E-state index in [1.807, 2.05) is 30.3 Å². The maximum atomic E-state index is 11.6. The fraction of sp³-hybridized carbons (Fsp3) is 0.0769. The largest absolute Gasteiger partial charge is 0.347 e. The molecule has 3 nitrogen and oxygen atoms in total. The lowest BCUT2D eigenvalue weighted by Gasteiger charge is -2.04. The number of benzene rings is 1. The van der Waals surface area contributed by atoms with E-state index < -0.39 is 0 Å². The lowest BCUT2D eigenvalue weighted by molar-refractivity contribution is 0.0946. The van der Waals surface area contributed by atoms with Crippen LogP contribution in [0.5, 0.6) is 0 Å². The molecule has 0 saturated heterocycles. The van der Waals surface area contributed by atoms with Gasteiger partial charge in [0, 0.05) is 12.7 Å². The number of carbonyl (C=O) groups excluding carboxylic acids is 1. The normalized spacial score (nSPS) is 8.67. The molecule has 18 heavy (non-hydrogen) atoms. The van der Waals surface area contributed by atoms with Crippen molar-refractivity contribution in [3.8, 4) is 0 Å². The Labute approximate surface area is 118 Å². The fourth-order valence-electron chi connectivity index (χ4n) is 1.37. The Hall–Kier alpha value is -1.58. The highest BCUT2D eigenvalue weighted by Gasteiger charge is 2.04. The van der Waals surface area contributed by atoms with E-state index in [1.165, 1.54) is 0 Å². The van der Waals surface area contributed by atoms with Crippen LogP contribution in [0, 0.1) is 0 Å². The minimum Gasteiger partial charge on any atom is -0.347 e. The third-order valence-corrected chi connectivity index (χ3v) is 2.19. The smallest absolute Gasteiger partial charge is 0.270 e. The summed E-state index contributed by atoms with van der Waals surface area (Å²) in [6.45, 7) is 0.524. The molecule has 0 unspecified atom stereocenters. The third-order valence-electron chi connectivity index (χ3n) is 2.19.